The molecular weight excluding hydrogens is 600 g/mol. The zero-order valence-electron chi connectivity index (χ0n) is 24.5. The Kier molecular flexibility index (Phi) is 10.0. The van der Waals surface area contributed by atoms with E-state index in [-0.39, 0.29) is 22.7 Å². The van der Waals surface area contributed by atoms with Crippen LogP contribution in [0.3, 0.4) is 0 Å². The lowest BCUT2D eigenvalue weighted by atomic mass is 9.86. The molecule has 0 spiro atoms. The van der Waals surface area contributed by atoms with Crippen molar-refractivity contribution in [3.63, 3.8) is 0 Å². The summed E-state index contributed by atoms with van der Waals surface area (Å²) < 4.78 is 80.4. The van der Waals surface area contributed by atoms with Crippen molar-refractivity contribution in [1.29, 1.82) is 0 Å². The molecule has 0 saturated carbocycles. The minimum Gasteiger partial charge on any atom is -0.324 e. The second-order valence-electron chi connectivity index (χ2n) is 11.2. The summed E-state index contributed by atoms with van der Waals surface area (Å²) in [4.78, 5) is 0.227. The average Bonchev–Trinajstić information content (AvgIpc) is 3.02. The highest BCUT2D eigenvalue weighted by atomic mass is 32.2. The quantitative estimate of drug-likeness (QED) is 0.253. The highest BCUT2D eigenvalue weighted by molar-refractivity contribution is 7.89. The van der Waals surface area contributed by atoms with Gasteiger partial charge in [-0.15, -0.1) is 0 Å². The number of hydrogen-bond acceptors (Lipinski definition) is 3. The van der Waals surface area contributed by atoms with Crippen LogP contribution in [0.5, 0.6) is 0 Å². The molecule has 0 aromatic heterocycles. The number of benzene rings is 3. The predicted molar refractivity (Wildman–Crippen MR) is 171 cm³/mol. The molecule has 3 aromatic carbocycles. The summed E-state index contributed by atoms with van der Waals surface area (Å²) in [5.41, 5.74) is 9.85. The number of sulfonamides is 1. The van der Waals surface area contributed by atoms with E-state index in [2.05, 4.69) is 0 Å². The predicted octanol–water partition coefficient (Wildman–Crippen LogP) is 8.48. The largest absolute Gasteiger partial charge is 0.416 e. The van der Waals surface area contributed by atoms with Crippen LogP contribution in [0.15, 0.2) is 126 Å². The number of alkyl halides is 3. The number of nitrogens with two attached hydrogens (primary N) is 1. The first-order valence-electron chi connectivity index (χ1n) is 14.7. The van der Waals surface area contributed by atoms with Crippen LogP contribution >= 0.6 is 0 Å². The number of allylic oxidation sites excluding steroid dienone is 9. The fourth-order valence-corrected chi connectivity index (χ4v) is 6.99. The van der Waals surface area contributed by atoms with Crippen molar-refractivity contribution in [3.8, 4) is 0 Å². The van der Waals surface area contributed by atoms with Crippen LogP contribution in [-0.4, -0.2) is 25.8 Å². The molecule has 1 aliphatic heterocycles. The zero-order valence-corrected chi connectivity index (χ0v) is 25.3. The summed E-state index contributed by atoms with van der Waals surface area (Å²) in [6.07, 6.45) is 12.6. The summed E-state index contributed by atoms with van der Waals surface area (Å²) >= 11 is 0. The Hall–Kier alpha value is -4.05. The van der Waals surface area contributed by atoms with Crippen LogP contribution in [0.4, 0.5) is 17.6 Å². The lowest BCUT2D eigenvalue weighted by Crippen LogP contribution is -2.40. The number of nitrogens with zero attached hydrogens (tertiary/aromatic N) is 1. The van der Waals surface area contributed by atoms with Gasteiger partial charge in [-0.05, 0) is 89.4 Å². The van der Waals surface area contributed by atoms with E-state index in [4.69, 9.17) is 5.73 Å². The van der Waals surface area contributed by atoms with Crippen molar-refractivity contribution < 1.29 is 26.0 Å². The first-order chi connectivity index (χ1) is 21.5. The van der Waals surface area contributed by atoms with Gasteiger partial charge in [-0.3, -0.25) is 0 Å². The van der Waals surface area contributed by atoms with Gasteiger partial charge in [0.1, 0.15) is 5.82 Å². The Bertz CT molecular complexity index is 1730. The number of hydrogen-bond donors (Lipinski definition) is 1. The van der Waals surface area contributed by atoms with Gasteiger partial charge in [-0.2, -0.15) is 17.5 Å². The van der Waals surface area contributed by atoms with Crippen LogP contribution in [-0.2, 0) is 16.2 Å². The van der Waals surface area contributed by atoms with E-state index in [1.807, 2.05) is 48.6 Å². The maximum absolute atomic E-state index is 13.3. The van der Waals surface area contributed by atoms with Crippen molar-refractivity contribution >= 4 is 21.7 Å². The van der Waals surface area contributed by atoms with Crippen LogP contribution in [0.25, 0.3) is 11.6 Å². The lowest BCUT2D eigenvalue weighted by molar-refractivity contribution is -0.137. The normalized spacial score (nSPS) is 17.5. The third-order valence-electron chi connectivity index (χ3n) is 8.14. The van der Waals surface area contributed by atoms with Gasteiger partial charge in [0.15, 0.2) is 0 Å². The molecule has 0 unspecified atom stereocenters. The lowest BCUT2D eigenvalue weighted by Gasteiger charge is -2.34. The Balaban J connectivity index is 1.19. The third kappa shape index (κ3) is 8.16. The van der Waals surface area contributed by atoms with Gasteiger partial charge in [-0.25, -0.2) is 12.8 Å². The molecular formula is C36H34F4N2O2S. The molecule has 0 bridgehead atoms. The van der Waals surface area contributed by atoms with Crippen LogP contribution in [0.1, 0.15) is 47.6 Å². The monoisotopic (exact) mass is 634 g/mol. The maximum atomic E-state index is 13.3. The second-order valence-corrected chi connectivity index (χ2v) is 13.1. The van der Waals surface area contributed by atoms with Crippen molar-refractivity contribution in [3.05, 3.63) is 149 Å². The molecule has 9 heteroatoms. The van der Waals surface area contributed by atoms with Crippen molar-refractivity contribution in [2.45, 2.75) is 36.4 Å². The summed E-state index contributed by atoms with van der Waals surface area (Å²) in [5, 5.41) is 0. The minimum absolute atomic E-state index is 0.106. The third-order valence-corrected chi connectivity index (χ3v) is 10.1. The molecule has 1 heterocycles. The molecule has 4 nitrogen and oxygen atoms in total. The highest BCUT2D eigenvalue weighted by Gasteiger charge is 2.32. The van der Waals surface area contributed by atoms with E-state index in [0.717, 1.165) is 34.4 Å². The molecule has 3 aromatic rings. The van der Waals surface area contributed by atoms with Gasteiger partial charge in [0.25, 0.3) is 0 Å². The van der Waals surface area contributed by atoms with E-state index in [0.29, 0.717) is 37.9 Å². The molecule has 0 amide bonds. The number of halogens is 4. The first kappa shape index (κ1) is 32.3. The van der Waals surface area contributed by atoms with Crippen LogP contribution in [0, 0.1) is 11.7 Å². The van der Waals surface area contributed by atoms with Crippen LogP contribution in [0.2, 0.25) is 0 Å². The number of piperidine rings is 1. The molecule has 1 fully saturated rings. The van der Waals surface area contributed by atoms with Gasteiger partial charge >= 0.3 is 6.18 Å². The molecule has 1 atom stereocenters. The summed E-state index contributed by atoms with van der Waals surface area (Å²) in [6.45, 7) is 0.731. The Morgan fingerprint density at radius 3 is 2.20 bits per heavy atom. The molecule has 1 saturated heterocycles. The molecule has 234 valence electrons. The van der Waals surface area contributed by atoms with Crippen LogP contribution < -0.4 is 5.73 Å². The number of rotatable bonds is 8. The van der Waals surface area contributed by atoms with Gasteiger partial charge in [0.2, 0.25) is 10.0 Å². The molecule has 45 heavy (non-hydrogen) atoms. The zero-order chi connectivity index (χ0) is 32.0. The molecule has 5 rings (SSSR count). The Morgan fingerprint density at radius 2 is 1.56 bits per heavy atom. The second kappa shape index (κ2) is 13.9. The SMILES string of the molecule is N[C@H](c1ccc(F)cc1)C1CCN(S(=O)(=O)c2ccc(/C=C/CC3=CC(c4ccc(C(F)(F)F)cc4)=CC=CC=C3)cc2)CC1. The van der Waals surface area contributed by atoms with Crippen molar-refractivity contribution in [1.82, 2.24) is 4.31 Å². The smallest absolute Gasteiger partial charge is 0.324 e. The molecule has 1 aliphatic carbocycles. The fraction of sp³-hybridized carbons (Fsp3) is 0.222. The highest BCUT2D eigenvalue weighted by Crippen LogP contribution is 2.32. The minimum atomic E-state index is -4.39. The van der Waals surface area contributed by atoms with E-state index < -0.39 is 21.8 Å². The fourth-order valence-electron chi connectivity index (χ4n) is 5.52. The average molecular weight is 635 g/mol. The van der Waals surface area contributed by atoms with Crippen molar-refractivity contribution in [2.24, 2.45) is 11.7 Å². The van der Waals surface area contributed by atoms with E-state index >= 15 is 0 Å². The van der Waals surface area contributed by atoms with Gasteiger partial charge in [0, 0.05) is 19.1 Å². The summed E-state index contributed by atoms with van der Waals surface area (Å²) in [6, 6.07) is 17.7. The van der Waals surface area contributed by atoms with Gasteiger partial charge < -0.3 is 5.73 Å². The first-order valence-corrected chi connectivity index (χ1v) is 16.2. The summed E-state index contributed by atoms with van der Waals surface area (Å²) in [5.74, 6) is -0.212. The summed E-state index contributed by atoms with van der Waals surface area (Å²) in [7, 11) is -3.66. The van der Waals surface area contributed by atoms with E-state index in [1.54, 1.807) is 36.4 Å². The molecule has 2 N–H and O–H groups in total. The van der Waals surface area contributed by atoms with E-state index in [1.165, 1.54) is 28.6 Å². The molecule has 0 radical (unpaired) electrons. The van der Waals surface area contributed by atoms with E-state index in [9.17, 15) is 26.0 Å². The molecule has 2 aliphatic rings. The standard InChI is InChI=1S/C36H34F4N2O2S/c37-33-17-13-29(14-18-33)35(41)30-21-23-42(24-22-30)45(43,44)34-19-9-26(10-20-34)6-4-7-27-5-2-1-3-8-31(25-27)28-11-15-32(16-12-28)36(38,39)40/h1-6,8-20,25,30,35H,7,21-24,41H2/b2-1?,3-1?,5-2?,6-4+,8-3?,27-5?,27-25?,31-8?,31-25?/t35-/m1/s1. The topological polar surface area (TPSA) is 63.4 Å². The van der Waals surface area contributed by atoms with Gasteiger partial charge in [-0.1, -0.05) is 85.0 Å². The Labute approximate surface area is 261 Å². The maximum Gasteiger partial charge on any atom is 0.416 e. The van der Waals surface area contributed by atoms with Gasteiger partial charge in [0.05, 0.1) is 10.5 Å². The Morgan fingerprint density at radius 1 is 0.889 bits per heavy atom. The van der Waals surface area contributed by atoms with Crippen molar-refractivity contribution in [2.75, 3.05) is 13.1 Å².